The first kappa shape index (κ1) is 18.3. The number of carbonyl (C=O) groups excluding carboxylic acids is 1. The van der Waals surface area contributed by atoms with E-state index in [1.807, 2.05) is 43.3 Å². The minimum absolute atomic E-state index is 0.216. The third-order valence-corrected chi connectivity index (χ3v) is 5.34. The number of nitrogens with zero attached hydrogens (tertiary/aromatic N) is 1. The maximum Gasteiger partial charge on any atom is 0.271 e. The van der Waals surface area contributed by atoms with Gasteiger partial charge in [-0.1, -0.05) is 12.1 Å². The second-order valence-electron chi connectivity index (χ2n) is 6.53. The Bertz CT molecular complexity index is 1020. The Morgan fingerprint density at radius 2 is 2.00 bits per heavy atom. The van der Waals surface area contributed by atoms with Gasteiger partial charge < -0.3 is 19.5 Å². The highest BCUT2D eigenvalue weighted by Crippen LogP contribution is 2.32. The van der Waals surface area contributed by atoms with Crippen LogP contribution in [0.25, 0.3) is 0 Å². The number of nitrogens with one attached hydrogen (secondary N) is 1. The summed E-state index contributed by atoms with van der Waals surface area (Å²) < 4.78 is 16.4. The average Bonchev–Trinajstić information content (AvgIpc) is 3.36. The molecule has 6 nitrogen and oxygen atoms in total. The molecule has 0 aliphatic carbocycles. The summed E-state index contributed by atoms with van der Waals surface area (Å²) in [6, 6.07) is 11.6. The predicted molar refractivity (Wildman–Crippen MR) is 106 cm³/mol. The summed E-state index contributed by atoms with van der Waals surface area (Å²) in [7, 11) is 0. The number of aryl methyl sites for hydroxylation is 2. The standard InChI is InChI=1S/C21H20N2O4S/c1-13-3-5-16(7-14(13)2)25-10-20-23-17(11-28-20)21(24)22-9-15-4-6-18-19(8-15)27-12-26-18/h3-8,11H,9-10,12H2,1-2H3,(H,22,24). The first-order valence-corrected chi connectivity index (χ1v) is 9.77. The zero-order chi connectivity index (χ0) is 19.5. The maximum atomic E-state index is 12.4. The van der Waals surface area contributed by atoms with E-state index in [1.165, 1.54) is 22.5 Å². The average molecular weight is 396 g/mol. The number of carbonyl (C=O) groups is 1. The summed E-state index contributed by atoms with van der Waals surface area (Å²) in [6.45, 7) is 5.07. The zero-order valence-electron chi connectivity index (χ0n) is 15.7. The van der Waals surface area contributed by atoms with Gasteiger partial charge in [0.25, 0.3) is 5.91 Å². The van der Waals surface area contributed by atoms with Crippen LogP contribution in [0.15, 0.2) is 41.8 Å². The molecule has 3 aromatic rings. The van der Waals surface area contributed by atoms with Gasteiger partial charge in [0.05, 0.1) is 0 Å². The van der Waals surface area contributed by atoms with Crippen molar-refractivity contribution in [3.05, 3.63) is 69.2 Å². The van der Waals surface area contributed by atoms with Crippen molar-refractivity contribution < 1.29 is 19.0 Å². The Balaban J connectivity index is 1.31. The van der Waals surface area contributed by atoms with Gasteiger partial charge in [0.1, 0.15) is 23.1 Å². The monoisotopic (exact) mass is 396 g/mol. The van der Waals surface area contributed by atoms with Crippen molar-refractivity contribution in [2.75, 3.05) is 6.79 Å². The lowest BCUT2D eigenvalue weighted by molar-refractivity contribution is 0.0946. The Morgan fingerprint density at radius 1 is 1.14 bits per heavy atom. The zero-order valence-corrected chi connectivity index (χ0v) is 16.5. The topological polar surface area (TPSA) is 69.7 Å². The summed E-state index contributed by atoms with van der Waals surface area (Å²) in [5, 5.41) is 5.38. The molecule has 0 saturated heterocycles. The van der Waals surface area contributed by atoms with Gasteiger partial charge in [-0.25, -0.2) is 4.98 Å². The van der Waals surface area contributed by atoms with Crippen molar-refractivity contribution in [3.63, 3.8) is 0 Å². The van der Waals surface area contributed by atoms with Gasteiger partial charge in [0.15, 0.2) is 11.5 Å². The second kappa shape index (κ2) is 7.90. The SMILES string of the molecule is Cc1ccc(OCc2nc(C(=O)NCc3ccc4c(c3)OCO4)cs2)cc1C. The van der Waals surface area contributed by atoms with Gasteiger partial charge in [-0.05, 0) is 54.8 Å². The van der Waals surface area contributed by atoms with Gasteiger partial charge in [0.2, 0.25) is 6.79 Å². The molecule has 144 valence electrons. The molecule has 1 amide bonds. The molecule has 28 heavy (non-hydrogen) atoms. The molecule has 4 rings (SSSR count). The largest absolute Gasteiger partial charge is 0.486 e. The number of benzene rings is 2. The van der Waals surface area contributed by atoms with Crippen LogP contribution in [0, 0.1) is 13.8 Å². The predicted octanol–water partition coefficient (Wildman–Crippen LogP) is 4.00. The van der Waals surface area contributed by atoms with E-state index in [-0.39, 0.29) is 12.7 Å². The molecule has 1 aliphatic heterocycles. The van der Waals surface area contributed by atoms with E-state index in [4.69, 9.17) is 14.2 Å². The normalized spacial score (nSPS) is 12.1. The Labute approximate surface area is 167 Å². The van der Waals surface area contributed by atoms with Crippen molar-refractivity contribution in [2.45, 2.75) is 27.0 Å². The Kier molecular flexibility index (Phi) is 5.16. The number of fused-ring (bicyclic) bond motifs is 1. The van der Waals surface area contributed by atoms with E-state index in [9.17, 15) is 4.79 Å². The summed E-state index contributed by atoms with van der Waals surface area (Å²) in [4.78, 5) is 16.7. The third-order valence-electron chi connectivity index (χ3n) is 4.52. The molecule has 0 fully saturated rings. The van der Waals surface area contributed by atoms with Crippen LogP contribution in [0.4, 0.5) is 0 Å². The van der Waals surface area contributed by atoms with E-state index < -0.39 is 0 Å². The van der Waals surface area contributed by atoms with Crippen molar-refractivity contribution in [1.29, 1.82) is 0 Å². The molecule has 1 N–H and O–H groups in total. The van der Waals surface area contributed by atoms with Crippen LogP contribution >= 0.6 is 11.3 Å². The van der Waals surface area contributed by atoms with E-state index in [2.05, 4.69) is 17.2 Å². The van der Waals surface area contributed by atoms with Crippen molar-refractivity contribution in [3.8, 4) is 17.2 Å². The minimum Gasteiger partial charge on any atom is -0.486 e. The molecule has 1 aliphatic rings. The molecule has 1 aromatic heterocycles. The van der Waals surface area contributed by atoms with Gasteiger partial charge in [-0.15, -0.1) is 11.3 Å². The number of aromatic nitrogens is 1. The van der Waals surface area contributed by atoms with Gasteiger partial charge >= 0.3 is 0 Å². The summed E-state index contributed by atoms with van der Waals surface area (Å²) in [6.07, 6.45) is 0. The molecule has 0 atom stereocenters. The third kappa shape index (κ3) is 4.09. The number of amides is 1. The van der Waals surface area contributed by atoms with E-state index in [1.54, 1.807) is 5.38 Å². The van der Waals surface area contributed by atoms with Gasteiger partial charge in [-0.2, -0.15) is 0 Å². The molecule has 0 saturated carbocycles. The molecule has 2 aromatic carbocycles. The summed E-state index contributed by atoms with van der Waals surface area (Å²) in [5.74, 6) is 2.01. The van der Waals surface area contributed by atoms with E-state index in [0.29, 0.717) is 24.6 Å². The number of thiazole rings is 1. The van der Waals surface area contributed by atoms with Crippen LogP contribution < -0.4 is 19.5 Å². The molecule has 0 bridgehead atoms. The molecule has 0 radical (unpaired) electrons. The van der Waals surface area contributed by atoms with Crippen LogP contribution in [-0.2, 0) is 13.2 Å². The van der Waals surface area contributed by atoms with E-state index in [0.717, 1.165) is 22.1 Å². The highest BCUT2D eigenvalue weighted by molar-refractivity contribution is 7.09. The van der Waals surface area contributed by atoms with Crippen molar-refractivity contribution >= 4 is 17.2 Å². The van der Waals surface area contributed by atoms with Crippen LogP contribution in [0.3, 0.4) is 0 Å². The number of hydrogen-bond donors (Lipinski definition) is 1. The molecule has 0 spiro atoms. The van der Waals surface area contributed by atoms with Crippen LogP contribution in [0.1, 0.15) is 32.2 Å². The highest BCUT2D eigenvalue weighted by Gasteiger charge is 2.15. The van der Waals surface area contributed by atoms with Crippen LogP contribution in [0.5, 0.6) is 17.2 Å². The Morgan fingerprint density at radius 3 is 2.86 bits per heavy atom. The number of hydrogen-bond acceptors (Lipinski definition) is 6. The summed E-state index contributed by atoms with van der Waals surface area (Å²) in [5.41, 5.74) is 3.73. The second-order valence-corrected chi connectivity index (χ2v) is 7.47. The maximum absolute atomic E-state index is 12.4. The minimum atomic E-state index is -0.216. The molecular formula is C21H20N2O4S. The lowest BCUT2D eigenvalue weighted by Crippen LogP contribution is -2.23. The smallest absolute Gasteiger partial charge is 0.271 e. The van der Waals surface area contributed by atoms with Gasteiger partial charge in [0, 0.05) is 11.9 Å². The fourth-order valence-electron chi connectivity index (χ4n) is 2.75. The Hall–Kier alpha value is -3.06. The fourth-order valence-corrected chi connectivity index (χ4v) is 3.44. The highest BCUT2D eigenvalue weighted by atomic mass is 32.1. The summed E-state index contributed by atoms with van der Waals surface area (Å²) >= 11 is 1.41. The molecule has 7 heteroatoms. The lowest BCUT2D eigenvalue weighted by Gasteiger charge is -2.06. The van der Waals surface area contributed by atoms with Crippen LogP contribution in [0.2, 0.25) is 0 Å². The van der Waals surface area contributed by atoms with Crippen LogP contribution in [-0.4, -0.2) is 17.7 Å². The first-order chi connectivity index (χ1) is 13.6. The first-order valence-electron chi connectivity index (χ1n) is 8.89. The van der Waals surface area contributed by atoms with Gasteiger partial charge in [-0.3, -0.25) is 4.79 Å². The molecular weight excluding hydrogens is 376 g/mol. The van der Waals surface area contributed by atoms with E-state index >= 15 is 0 Å². The number of rotatable bonds is 6. The quantitative estimate of drug-likeness (QED) is 0.682. The van der Waals surface area contributed by atoms with Crippen molar-refractivity contribution in [2.24, 2.45) is 0 Å². The fraction of sp³-hybridized carbons (Fsp3) is 0.238. The molecule has 0 unspecified atom stereocenters. The van der Waals surface area contributed by atoms with Crippen molar-refractivity contribution in [1.82, 2.24) is 10.3 Å². The number of ether oxygens (including phenoxy) is 3. The lowest BCUT2D eigenvalue weighted by atomic mass is 10.1. The molecule has 2 heterocycles.